The Morgan fingerprint density at radius 2 is 1.59 bits per heavy atom. The van der Waals surface area contributed by atoms with Crippen molar-refractivity contribution >= 4 is 32.5 Å². The van der Waals surface area contributed by atoms with Crippen LogP contribution in [-0.2, 0) is 19.7 Å². The zero-order valence-electron chi connectivity index (χ0n) is 11.2. The largest absolute Gasteiger partial charge is 0.378 e. The molecular weight excluding hydrogens is 304 g/mol. The molecule has 5 nitrogen and oxygen atoms in total. The first kappa shape index (κ1) is 14.2. The van der Waals surface area contributed by atoms with Gasteiger partial charge in [-0.15, -0.1) is 0 Å². The van der Waals surface area contributed by atoms with E-state index in [0.717, 1.165) is 23.6 Å². The van der Waals surface area contributed by atoms with Gasteiger partial charge >= 0.3 is 10.1 Å². The second kappa shape index (κ2) is 5.23. The van der Waals surface area contributed by atoms with Crippen LogP contribution in [0.1, 0.15) is 0 Å². The van der Waals surface area contributed by atoms with Gasteiger partial charge in [0.2, 0.25) is 5.78 Å². The van der Waals surface area contributed by atoms with Crippen molar-refractivity contribution < 1.29 is 22.2 Å². The summed E-state index contributed by atoms with van der Waals surface area (Å²) in [6.45, 7) is 0. The number of ketones is 2. The molecular formula is C16H10O5S. The Hall–Kier alpha value is -2.73. The highest BCUT2D eigenvalue weighted by Crippen LogP contribution is 2.28. The molecule has 0 amide bonds. The van der Waals surface area contributed by atoms with Gasteiger partial charge < -0.3 is 4.18 Å². The van der Waals surface area contributed by atoms with E-state index in [0.29, 0.717) is 5.39 Å². The molecule has 0 spiro atoms. The Morgan fingerprint density at radius 3 is 2.41 bits per heavy atom. The Balaban J connectivity index is 2.04. The van der Waals surface area contributed by atoms with Gasteiger partial charge in [-0.2, -0.15) is 8.42 Å². The molecule has 2 aromatic carbocycles. The van der Waals surface area contributed by atoms with Gasteiger partial charge in [0, 0.05) is 11.5 Å². The van der Waals surface area contributed by atoms with Crippen molar-refractivity contribution in [2.24, 2.45) is 0 Å². The molecule has 0 N–H and O–H groups in total. The zero-order valence-corrected chi connectivity index (χ0v) is 12.0. The third kappa shape index (κ3) is 2.56. The van der Waals surface area contributed by atoms with Crippen LogP contribution in [0.15, 0.2) is 65.6 Å². The van der Waals surface area contributed by atoms with E-state index in [1.54, 1.807) is 18.2 Å². The number of allylic oxidation sites excluding steroid dienone is 4. The number of fused-ring (bicyclic) bond motifs is 1. The van der Waals surface area contributed by atoms with Gasteiger partial charge in [-0.05, 0) is 23.6 Å². The van der Waals surface area contributed by atoms with Crippen LogP contribution in [0.3, 0.4) is 0 Å². The summed E-state index contributed by atoms with van der Waals surface area (Å²) in [6, 6.07) is 12.0. The van der Waals surface area contributed by atoms with Crippen molar-refractivity contribution in [1.29, 1.82) is 0 Å². The molecule has 0 unspecified atom stereocenters. The highest BCUT2D eigenvalue weighted by molar-refractivity contribution is 7.92. The third-order valence-electron chi connectivity index (χ3n) is 3.13. The summed E-state index contributed by atoms with van der Waals surface area (Å²) in [5.74, 6) is -1.24. The highest BCUT2D eigenvalue weighted by Gasteiger charge is 2.29. The summed E-state index contributed by atoms with van der Waals surface area (Å²) >= 11 is 0. The molecule has 0 aromatic heterocycles. The van der Waals surface area contributed by atoms with Gasteiger partial charge in [-0.25, -0.2) is 0 Å². The van der Waals surface area contributed by atoms with E-state index in [2.05, 4.69) is 0 Å². The molecule has 6 heteroatoms. The number of carbonyl (C=O) groups is 2. The van der Waals surface area contributed by atoms with E-state index in [4.69, 9.17) is 4.18 Å². The monoisotopic (exact) mass is 314 g/mol. The molecule has 0 atom stereocenters. The first-order valence-electron chi connectivity index (χ1n) is 6.38. The van der Waals surface area contributed by atoms with Crippen LogP contribution >= 0.6 is 0 Å². The van der Waals surface area contributed by atoms with Gasteiger partial charge in [0.25, 0.3) is 0 Å². The number of rotatable bonds is 3. The van der Waals surface area contributed by atoms with Crippen molar-refractivity contribution in [1.82, 2.24) is 0 Å². The third-order valence-corrected chi connectivity index (χ3v) is 4.39. The lowest BCUT2D eigenvalue weighted by atomic mass is 10.1. The smallest absolute Gasteiger partial charge is 0.343 e. The molecule has 0 saturated heterocycles. The lowest BCUT2D eigenvalue weighted by Crippen LogP contribution is -2.21. The van der Waals surface area contributed by atoms with Crippen LogP contribution in [0.4, 0.5) is 0 Å². The van der Waals surface area contributed by atoms with Gasteiger partial charge in [0.15, 0.2) is 16.4 Å². The molecule has 1 aliphatic rings. The van der Waals surface area contributed by atoms with Gasteiger partial charge in [-0.3, -0.25) is 9.59 Å². The molecule has 0 aliphatic heterocycles. The summed E-state index contributed by atoms with van der Waals surface area (Å²) in [4.78, 5) is 22.3. The fraction of sp³-hybridized carbons (Fsp3) is 0. The molecule has 0 heterocycles. The summed E-state index contributed by atoms with van der Waals surface area (Å²) in [5, 5.41) is 1.40. The zero-order chi connectivity index (χ0) is 15.7. The minimum Gasteiger partial charge on any atom is -0.378 e. The fourth-order valence-electron chi connectivity index (χ4n) is 2.12. The molecule has 0 saturated carbocycles. The van der Waals surface area contributed by atoms with E-state index >= 15 is 0 Å². The minimum absolute atomic E-state index is 0.105. The van der Waals surface area contributed by atoms with E-state index in [1.165, 1.54) is 6.07 Å². The van der Waals surface area contributed by atoms with Crippen LogP contribution in [-0.4, -0.2) is 20.0 Å². The normalized spacial score (nSPS) is 15.0. The van der Waals surface area contributed by atoms with E-state index < -0.39 is 26.6 Å². The molecule has 0 radical (unpaired) electrons. The fourth-order valence-corrected chi connectivity index (χ4v) is 3.16. The molecule has 3 rings (SSSR count). The average molecular weight is 314 g/mol. The lowest BCUT2D eigenvalue weighted by molar-refractivity contribution is -0.114. The second-order valence-corrected chi connectivity index (χ2v) is 6.14. The van der Waals surface area contributed by atoms with Crippen LogP contribution in [0, 0.1) is 0 Å². The molecule has 0 fully saturated rings. The molecule has 22 heavy (non-hydrogen) atoms. The number of benzene rings is 2. The van der Waals surface area contributed by atoms with Crippen LogP contribution in [0.5, 0.6) is 5.75 Å². The number of hydrogen-bond donors (Lipinski definition) is 0. The first-order chi connectivity index (χ1) is 10.5. The van der Waals surface area contributed by atoms with Crippen molar-refractivity contribution in [2.75, 3.05) is 0 Å². The Bertz CT molecular complexity index is 946. The first-order valence-corrected chi connectivity index (χ1v) is 7.78. The van der Waals surface area contributed by atoms with Gasteiger partial charge in [0.05, 0.1) is 0 Å². The summed E-state index contributed by atoms with van der Waals surface area (Å²) in [5.41, 5.74) is 0. The minimum atomic E-state index is -4.37. The van der Waals surface area contributed by atoms with Crippen molar-refractivity contribution in [2.45, 2.75) is 0 Å². The molecule has 2 aromatic rings. The maximum atomic E-state index is 12.3. The summed E-state index contributed by atoms with van der Waals surface area (Å²) in [7, 11) is -4.37. The predicted molar refractivity (Wildman–Crippen MR) is 80.7 cm³/mol. The summed E-state index contributed by atoms with van der Waals surface area (Å²) in [6.07, 6.45) is 2.70. The van der Waals surface area contributed by atoms with E-state index in [9.17, 15) is 18.0 Å². The quantitative estimate of drug-likeness (QED) is 0.641. The topological polar surface area (TPSA) is 77.5 Å². The Kier molecular flexibility index (Phi) is 3.38. The predicted octanol–water partition coefficient (Wildman–Crippen LogP) is 2.14. The molecule has 0 bridgehead atoms. The van der Waals surface area contributed by atoms with Crippen molar-refractivity contribution in [3.63, 3.8) is 0 Å². The van der Waals surface area contributed by atoms with Crippen molar-refractivity contribution in [3.8, 4) is 5.75 Å². The molecule has 110 valence electrons. The van der Waals surface area contributed by atoms with Crippen LogP contribution < -0.4 is 4.18 Å². The van der Waals surface area contributed by atoms with Gasteiger partial charge in [0.1, 0.15) is 0 Å². The van der Waals surface area contributed by atoms with Crippen LogP contribution in [0.25, 0.3) is 10.8 Å². The van der Waals surface area contributed by atoms with Crippen molar-refractivity contribution in [3.05, 3.63) is 65.6 Å². The standard InChI is InChI=1S/C16H10O5S/c17-12-8-9-14(18)16(10-12)22(19,20)21-15-7-3-5-11-4-1-2-6-13(11)15/h1-10H. The Morgan fingerprint density at radius 1 is 0.864 bits per heavy atom. The summed E-state index contributed by atoms with van der Waals surface area (Å²) < 4.78 is 29.6. The average Bonchev–Trinajstić information content (AvgIpc) is 2.50. The van der Waals surface area contributed by atoms with E-state index in [-0.39, 0.29) is 5.75 Å². The maximum absolute atomic E-state index is 12.3. The molecule has 1 aliphatic carbocycles. The lowest BCUT2D eigenvalue weighted by Gasteiger charge is -2.11. The highest BCUT2D eigenvalue weighted by atomic mass is 32.2. The van der Waals surface area contributed by atoms with E-state index in [1.807, 2.05) is 18.2 Å². The number of carbonyl (C=O) groups excluding carboxylic acids is 2. The van der Waals surface area contributed by atoms with Gasteiger partial charge in [-0.1, -0.05) is 36.4 Å². The second-order valence-electron chi connectivity index (χ2n) is 4.62. The van der Waals surface area contributed by atoms with Crippen LogP contribution in [0.2, 0.25) is 0 Å². The SMILES string of the molecule is O=C1C=CC(=O)C(S(=O)(=O)Oc2cccc3ccccc23)=C1. The maximum Gasteiger partial charge on any atom is 0.343 e. The number of hydrogen-bond acceptors (Lipinski definition) is 5. The Labute approximate surface area is 126 Å².